The van der Waals surface area contributed by atoms with Gasteiger partial charge in [-0.25, -0.2) is 0 Å². The topological polar surface area (TPSA) is 22.4 Å². The highest BCUT2D eigenvalue weighted by molar-refractivity contribution is 5.14. The molecular weight excluding hydrogens is 185 g/mol. The molecule has 0 fully saturated rings. The highest BCUT2D eigenvalue weighted by atomic mass is 19.4. The van der Waals surface area contributed by atoms with Crippen LogP contribution in [-0.4, -0.2) is 6.36 Å². The normalized spacial score (nSPS) is 12.2. The molecule has 0 saturated carbocycles. The Kier molecular flexibility index (Phi) is 2.54. The van der Waals surface area contributed by atoms with Crippen molar-refractivity contribution in [2.45, 2.75) is 26.1 Å². The van der Waals surface area contributed by atoms with Crippen LogP contribution in [0.3, 0.4) is 0 Å². The number of alkyl halides is 3. The predicted molar refractivity (Wildman–Crippen MR) is 39.5 cm³/mol. The molecule has 0 amide bonds. The Bertz CT molecular complexity index is 275. The minimum absolute atomic E-state index is 0.0468. The molecule has 0 aliphatic carbocycles. The van der Waals surface area contributed by atoms with Gasteiger partial charge in [0.05, 0.1) is 0 Å². The van der Waals surface area contributed by atoms with Crippen LogP contribution in [0, 0.1) is 0 Å². The van der Waals surface area contributed by atoms with Gasteiger partial charge in [-0.05, 0) is 6.07 Å². The summed E-state index contributed by atoms with van der Waals surface area (Å²) >= 11 is 0. The SMILES string of the molecule is CC(C)c1ccc(OC(F)(F)F)o1. The van der Waals surface area contributed by atoms with Crippen molar-refractivity contribution in [3.63, 3.8) is 0 Å². The molecule has 0 aliphatic rings. The molecule has 0 atom stereocenters. The molecule has 13 heavy (non-hydrogen) atoms. The molecule has 1 rings (SSSR count). The largest absolute Gasteiger partial charge is 0.575 e. The summed E-state index contributed by atoms with van der Waals surface area (Å²) in [6.45, 7) is 3.63. The molecule has 5 heteroatoms. The van der Waals surface area contributed by atoms with Crippen molar-refractivity contribution < 1.29 is 22.3 Å². The van der Waals surface area contributed by atoms with Crippen molar-refractivity contribution in [2.24, 2.45) is 0 Å². The van der Waals surface area contributed by atoms with E-state index in [1.807, 2.05) is 13.8 Å². The summed E-state index contributed by atoms with van der Waals surface area (Å²) in [5, 5.41) is 0. The van der Waals surface area contributed by atoms with Crippen LogP contribution in [0.25, 0.3) is 0 Å². The zero-order chi connectivity index (χ0) is 10.1. The summed E-state index contributed by atoms with van der Waals surface area (Å²) in [4.78, 5) is 0. The Morgan fingerprint density at radius 2 is 1.92 bits per heavy atom. The first-order valence-corrected chi connectivity index (χ1v) is 3.74. The molecule has 1 heterocycles. The summed E-state index contributed by atoms with van der Waals surface area (Å²) < 4.78 is 43.4. The van der Waals surface area contributed by atoms with E-state index in [0.29, 0.717) is 5.76 Å². The summed E-state index contributed by atoms with van der Waals surface area (Å²) in [7, 11) is 0. The molecule has 0 saturated heterocycles. The quantitative estimate of drug-likeness (QED) is 0.720. The van der Waals surface area contributed by atoms with E-state index in [9.17, 15) is 13.2 Å². The Hall–Kier alpha value is -1.13. The smallest absolute Gasteiger partial charge is 0.430 e. The maximum Gasteiger partial charge on any atom is 0.575 e. The van der Waals surface area contributed by atoms with Crippen LogP contribution in [-0.2, 0) is 0 Å². The van der Waals surface area contributed by atoms with Crippen molar-refractivity contribution in [3.05, 3.63) is 17.9 Å². The molecule has 0 unspecified atom stereocenters. The second-order valence-electron chi connectivity index (χ2n) is 2.86. The Morgan fingerprint density at radius 1 is 1.31 bits per heavy atom. The second-order valence-corrected chi connectivity index (χ2v) is 2.86. The third-order valence-electron chi connectivity index (χ3n) is 1.39. The van der Waals surface area contributed by atoms with E-state index >= 15 is 0 Å². The average Bonchev–Trinajstić information content (AvgIpc) is 2.31. The van der Waals surface area contributed by atoms with Gasteiger partial charge in [-0.2, -0.15) is 0 Å². The van der Waals surface area contributed by atoms with Crippen LogP contribution >= 0.6 is 0 Å². The average molecular weight is 194 g/mol. The van der Waals surface area contributed by atoms with Crippen LogP contribution in [0.5, 0.6) is 5.95 Å². The van der Waals surface area contributed by atoms with E-state index in [4.69, 9.17) is 4.42 Å². The number of halogens is 3. The van der Waals surface area contributed by atoms with Gasteiger partial charge in [-0.15, -0.1) is 13.2 Å². The van der Waals surface area contributed by atoms with Crippen LogP contribution in [0.4, 0.5) is 13.2 Å². The molecule has 0 bridgehead atoms. The monoisotopic (exact) mass is 194 g/mol. The van der Waals surface area contributed by atoms with E-state index in [1.165, 1.54) is 6.07 Å². The number of hydrogen-bond acceptors (Lipinski definition) is 2. The molecule has 2 nitrogen and oxygen atoms in total. The number of ether oxygens (including phenoxy) is 1. The van der Waals surface area contributed by atoms with Crippen LogP contribution < -0.4 is 4.74 Å². The van der Waals surface area contributed by atoms with Crippen molar-refractivity contribution >= 4 is 0 Å². The lowest BCUT2D eigenvalue weighted by Gasteiger charge is -2.05. The minimum atomic E-state index is -4.69. The number of rotatable bonds is 2. The summed E-state index contributed by atoms with van der Waals surface area (Å²) in [5.74, 6) is 0.000957. The second kappa shape index (κ2) is 3.32. The maximum atomic E-state index is 11.7. The van der Waals surface area contributed by atoms with Crippen molar-refractivity contribution in [2.75, 3.05) is 0 Å². The van der Waals surface area contributed by atoms with Gasteiger partial charge in [0.1, 0.15) is 5.76 Å². The van der Waals surface area contributed by atoms with Crippen LogP contribution in [0.1, 0.15) is 25.5 Å². The van der Waals surface area contributed by atoms with E-state index in [-0.39, 0.29) is 5.92 Å². The third-order valence-corrected chi connectivity index (χ3v) is 1.39. The van der Waals surface area contributed by atoms with Gasteiger partial charge >= 0.3 is 6.36 Å². The first kappa shape index (κ1) is 9.95. The molecule has 0 spiro atoms. The Labute approximate surface area is 73.3 Å². The van der Waals surface area contributed by atoms with E-state index in [2.05, 4.69) is 4.74 Å². The maximum absolute atomic E-state index is 11.7. The number of furan rings is 1. The first-order chi connectivity index (χ1) is 5.88. The van der Waals surface area contributed by atoms with Gasteiger partial charge in [-0.1, -0.05) is 13.8 Å². The fraction of sp³-hybridized carbons (Fsp3) is 0.500. The van der Waals surface area contributed by atoms with E-state index < -0.39 is 12.3 Å². The molecule has 0 radical (unpaired) electrons. The van der Waals surface area contributed by atoms with Crippen molar-refractivity contribution in [3.8, 4) is 5.95 Å². The Morgan fingerprint density at radius 3 is 2.31 bits per heavy atom. The lowest BCUT2D eigenvalue weighted by molar-refractivity contribution is -0.280. The highest BCUT2D eigenvalue weighted by Crippen LogP contribution is 2.27. The zero-order valence-corrected chi connectivity index (χ0v) is 7.18. The molecule has 74 valence electrons. The van der Waals surface area contributed by atoms with Crippen LogP contribution in [0.2, 0.25) is 0 Å². The summed E-state index contributed by atoms with van der Waals surface area (Å²) in [5.41, 5.74) is 0. The molecule has 0 aromatic carbocycles. The van der Waals surface area contributed by atoms with Gasteiger partial charge in [0.25, 0.3) is 5.95 Å². The first-order valence-electron chi connectivity index (χ1n) is 3.74. The highest BCUT2D eigenvalue weighted by Gasteiger charge is 2.32. The Balaban J connectivity index is 2.70. The fourth-order valence-corrected chi connectivity index (χ4v) is 0.814. The molecule has 0 aliphatic heterocycles. The molecule has 1 aromatic heterocycles. The molecular formula is C8H9F3O2. The van der Waals surface area contributed by atoms with Gasteiger partial charge in [0.2, 0.25) is 0 Å². The lowest BCUT2D eigenvalue weighted by Crippen LogP contribution is -2.16. The minimum Gasteiger partial charge on any atom is -0.430 e. The summed E-state index contributed by atoms with van der Waals surface area (Å²) in [6, 6.07) is 2.62. The van der Waals surface area contributed by atoms with Crippen molar-refractivity contribution in [1.29, 1.82) is 0 Å². The lowest BCUT2D eigenvalue weighted by atomic mass is 10.2. The van der Waals surface area contributed by atoms with Crippen LogP contribution in [0.15, 0.2) is 16.5 Å². The van der Waals surface area contributed by atoms with Crippen molar-refractivity contribution in [1.82, 2.24) is 0 Å². The fourth-order valence-electron chi connectivity index (χ4n) is 0.814. The predicted octanol–water partition coefficient (Wildman–Crippen LogP) is 3.30. The van der Waals surface area contributed by atoms with E-state index in [0.717, 1.165) is 6.07 Å². The molecule has 1 aromatic rings. The zero-order valence-electron chi connectivity index (χ0n) is 7.18. The molecule has 0 N–H and O–H groups in total. The van der Waals surface area contributed by atoms with Gasteiger partial charge in [0.15, 0.2) is 0 Å². The van der Waals surface area contributed by atoms with Gasteiger partial charge < -0.3 is 9.15 Å². The van der Waals surface area contributed by atoms with Gasteiger partial charge in [0, 0.05) is 12.0 Å². The van der Waals surface area contributed by atoms with E-state index in [1.54, 1.807) is 0 Å². The number of hydrogen-bond donors (Lipinski definition) is 0. The van der Waals surface area contributed by atoms with Gasteiger partial charge in [-0.3, -0.25) is 0 Å². The standard InChI is InChI=1S/C8H9F3O2/c1-5(2)6-3-4-7(12-6)13-8(9,10)11/h3-5H,1-2H3. The summed E-state index contributed by atoms with van der Waals surface area (Å²) in [6.07, 6.45) is -4.69. The third kappa shape index (κ3) is 3.01.